The Labute approximate surface area is 158 Å². The molecule has 0 N–H and O–H groups in total. The molecule has 1 aromatic carbocycles. The van der Waals surface area contributed by atoms with Crippen molar-refractivity contribution in [2.45, 2.75) is 33.6 Å². The molecule has 142 valence electrons. The van der Waals surface area contributed by atoms with Gasteiger partial charge in [0, 0.05) is 17.1 Å². The van der Waals surface area contributed by atoms with Crippen molar-refractivity contribution in [3.8, 4) is 17.0 Å². The van der Waals surface area contributed by atoms with Crippen molar-refractivity contribution in [3.63, 3.8) is 0 Å². The summed E-state index contributed by atoms with van der Waals surface area (Å²) in [5, 5.41) is 0.881. The van der Waals surface area contributed by atoms with Gasteiger partial charge >= 0.3 is 0 Å². The number of hydrogen-bond donors (Lipinski definition) is 0. The number of ether oxygens (including phenoxy) is 1. The first-order valence-electron chi connectivity index (χ1n) is 9.21. The Kier molecular flexibility index (Phi) is 5.99. The standard InChI is InChI=1S/C22H24F2N2O/c1-14(2)12-15(3)13-27-20-9-8-19(26-21(20)22(23)24)17-10-11-25-18-7-5-4-6-16(17)18/h4-11,14-15,22H,12-13H2,1-3H3/t15-/m0/s1. The molecule has 3 aromatic rings. The van der Waals surface area contributed by atoms with Crippen molar-refractivity contribution in [1.82, 2.24) is 9.97 Å². The predicted molar refractivity (Wildman–Crippen MR) is 104 cm³/mol. The van der Waals surface area contributed by atoms with E-state index in [1.165, 1.54) is 0 Å². The number of halogens is 2. The van der Waals surface area contributed by atoms with Crippen molar-refractivity contribution in [2.75, 3.05) is 6.61 Å². The zero-order valence-electron chi connectivity index (χ0n) is 15.8. The summed E-state index contributed by atoms with van der Waals surface area (Å²) < 4.78 is 32.9. The van der Waals surface area contributed by atoms with E-state index in [2.05, 4.69) is 30.7 Å². The molecule has 2 heterocycles. The normalized spacial score (nSPS) is 12.7. The Morgan fingerprint density at radius 3 is 2.52 bits per heavy atom. The van der Waals surface area contributed by atoms with Gasteiger partial charge in [0.1, 0.15) is 11.4 Å². The topological polar surface area (TPSA) is 35.0 Å². The van der Waals surface area contributed by atoms with E-state index in [0.717, 1.165) is 22.9 Å². The van der Waals surface area contributed by atoms with Crippen LogP contribution in [0.3, 0.4) is 0 Å². The average Bonchev–Trinajstić information content (AvgIpc) is 2.65. The molecule has 0 saturated carbocycles. The molecule has 0 bridgehead atoms. The summed E-state index contributed by atoms with van der Waals surface area (Å²) in [6.45, 7) is 6.73. The zero-order valence-corrected chi connectivity index (χ0v) is 15.8. The summed E-state index contributed by atoms with van der Waals surface area (Å²) in [7, 11) is 0. The zero-order chi connectivity index (χ0) is 19.4. The molecule has 3 nitrogen and oxygen atoms in total. The molecule has 0 aliphatic rings. The second-order valence-corrected chi connectivity index (χ2v) is 7.30. The fourth-order valence-corrected chi connectivity index (χ4v) is 3.31. The van der Waals surface area contributed by atoms with Gasteiger partial charge in [0.25, 0.3) is 6.43 Å². The smallest absolute Gasteiger partial charge is 0.284 e. The van der Waals surface area contributed by atoms with Crippen LogP contribution in [-0.4, -0.2) is 16.6 Å². The van der Waals surface area contributed by atoms with Crippen LogP contribution in [0.5, 0.6) is 5.75 Å². The van der Waals surface area contributed by atoms with Gasteiger partial charge < -0.3 is 4.74 Å². The molecular weight excluding hydrogens is 346 g/mol. The minimum absolute atomic E-state index is 0.155. The van der Waals surface area contributed by atoms with Crippen molar-refractivity contribution < 1.29 is 13.5 Å². The molecule has 0 radical (unpaired) electrons. The number of rotatable bonds is 7. The molecule has 1 atom stereocenters. The van der Waals surface area contributed by atoms with Gasteiger partial charge in [-0.2, -0.15) is 0 Å². The highest BCUT2D eigenvalue weighted by molar-refractivity contribution is 5.93. The number of nitrogens with zero attached hydrogens (tertiary/aromatic N) is 2. The largest absolute Gasteiger partial charge is 0.491 e. The van der Waals surface area contributed by atoms with Gasteiger partial charge in [0.2, 0.25) is 0 Å². The van der Waals surface area contributed by atoms with Gasteiger partial charge in [-0.05, 0) is 42.5 Å². The molecule has 0 unspecified atom stereocenters. The number of fused-ring (bicyclic) bond motifs is 1. The molecule has 0 fully saturated rings. The van der Waals surface area contributed by atoms with Crippen LogP contribution in [0.25, 0.3) is 22.2 Å². The highest BCUT2D eigenvalue weighted by Crippen LogP contribution is 2.33. The Bertz CT molecular complexity index is 906. The summed E-state index contributed by atoms with van der Waals surface area (Å²) in [5.74, 6) is 0.987. The summed E-state index contributed by atoms with van der Waals surface area (Å²) in [6, 6.07) is 12.7. The van der Waals surface area contributed by atoms with Gasteiger partial charge in [-0.25, -0.2) is 13.8 Å². The van der Waals surface area contributed by atoms with Crippen LogP contribution >= 0.6 is 0 Å². The number of benzene rings is 1. The predicted octanol–water partition coefficient (Wildman–Crippen LogP) is 6.30. The summed E-state index contributed by atoms with van der Waals surface area (Å²) in [4.78, 5) is 8.54. The minimum Gasteiger partial charge on any atom is -0.491 e. The van der Waals surface area contributed by atoms with Crippen LogP contribution in [0.4, 0.5) is 8.78 Å². The highest BCUT2D eigenvalue weighted by atomic mass is 19.3. The average molecular weight is 370 g/mol. The number of hydrogen-bond acceptors (Lipinski definition) is 3. The number of alkyl halides is 2. The van der Waals surface area contributed by atoms with E-state index in [9.17, 15) is 8.78 Å². The van der Waals surface area contributed by atoms with Gasteiger partial charge in [-0.1, -0.05) is 39.0 Å². The molecule has 27 heavy (non-hydrogen) atoms. The SMILES string of the molecule is CC(C)C[C@H](C)COc1ccc(-c2ccnc3ccccc23)nc1C(F)F. The lowest BCUT2D eigenvalue weighted by molar-refractivity contribution is 0.137. The maximum absolute atomic E-state index is 13.6. The molecule has 5 heteroatoms. The van der Waals surface area contributed by atoms with Crippen molar-refractivity contribution in [2.24, 2.45) is 11.8 Å². The Morgan fingerprint density at radius 2 is 1.78 bits per heavy atom. The minimum atomic E-state index is -2.70. The Morgan fingerprint density at radius 1 is 1.00 bits per heavy atom. The summed E-state index contributed by atoms with van der Waals surface area (Å²) >= 11 is 0. The van der Waals surface area contributed by atoms with Crippen LogP contribution in [0.2, 0.25) is 0 Å². The first-order chi connectivity index (χ1) is 13.0. The first kappa shape index (κ1) is 19.2. The van der Waals surface area contributed by atoms with Gasteiger partial charge in [0.05, 0.1) is 17.8 Å². The molecule has 0 spiro atoms. The summed E-state index contributed by atoms with van der Waals surface area (Å²) in [5.41, 5.74) is 1.76. The molecule has 0 aliphatic heterocycles. The third kappa shape index (κ3) is 4.59. The maximum atomic E-state index is 13.6. The van der Waals surface area contributed by atoms with Gasteiger partial charge in [-0.15, -0.1) is 0 Å². The van der Waals surface area contributed by atoms with Crippen molar-refractivity contribution in [3.05, 3.63) is 54.4 Å². The summed E-state index contributed by atoms with van der Waals surface area (Å²) in [6.07, 6.45) is -0.0498. The van der Waals surface area contributed by atoms with Crippen LogP contribution in [0.1, 0.15) is 39.3 Å². The van der Waals surface area contributed by atoms with Crippen LogP contribution in [-0.2, 0) is 0 Å². The Balaban J connectivity index is 1.91. The number of aromatic nitrogens is 2. The maximum Gasteiger partial charge on any atom is 0.284 e. The molecule has 0 aliphatic carbocycles. The van der Waals surface area contributed by atoms with Crippen molar-refractivity contribution in [1.29, 1.82) is 0 Å². The highest BCUT2D eigenvalue weighted by Gasteiger charge is 2.19. The Hall–Kier alpha value is -2.56. The van der Waals surface area contributed by atoms with Gasteiger partial charge in [-0.3, -0.25) is 4.98 Å². The molecule has 0 saturated heterocycles. The fourth-order valence-electron chi connectivity index (χ4n) is 3.31. The van der Waals surface area contributed by atoms with E-state index >= 15 is 0 Å². The second kappa shape index (κ2) is 8.42. The van der Waals surface area contributed by atoms with E-state index in [0.29, 0.717) is 24.1 Å². The number of para-hydroxylation sites is 1. The second-order valence-electron chi connectivity index (χ2n) is 7.30. The molecule has 2 aromatic heterocycles. The molecule has 3 rings (SSSR count). The van der Waals surface area contributed by atoms with E-state index < -0.39 is 6.43 Å². The van der Waals surface area contributed by atoms with E-state index in [4.69, 9.17) is 4.74 Å². The first-order valence-corrected chi connectivity index (χ1v) is 9.21. The van der Waals surface area contributed by atoms with E-state index in [-0.39, 0.29) is 11.4 Å². The monoisotopic (exact) mass is 370 g/mol. The lowest BCUT2D eigenvalue weighted by atomic mass is 10.00. The van der Waals surface area contributed by atoms with E-state index in [1.807, 2.05) is 24.3 Å². The quantitative estimate of drug-likeness (QED) is 0.490. The molecular formula is C22H24F2N2O. The van der Waals surface area contributed by atoms with Crippen LogP contribution in [0, 0.1) is 11.8 Å². The van der Waals surface area contributed by atoms with E-state index in [1.54, 1.807) is 24.4 Å². The van der Waals surface area contributed by atoms with Crippen molar-refractivity contribution >= 4 is 10.9 Å². The fraction of sp³-hybridized carbons (Fsp3) is 0.364. The lowest BCUT2D eigenvalue weighted by Crippen LogP contribution is -2.12. The molecule has 0 amide bonds. The lowest BCUT2D eigenvalue weighted by Gasteiger charge is -2.17. The van der Waals surface area contributed by atoms with Crippen LogP contribution in [0.15, 0.2) is 48.7 Å². The number of pyridine rings is 2. The third-order valence-electron chi connectivity index (χ3n) is 4.41. The van der Waals surface area contributed by atoms with Gasteiger partial charge in [0.15, 0.2) is 0 Å². The third-order valence-corrected chi connectivity index (χ3v) is 4.41. The van der Waals surface area contributed by atoms with Crippen LogP contribution < -0.4 is 4.74 Å².